The first-order valence-electron chi connectivity index (χ1n) is 12.5. The van der Waals surface area contributed by atoms with E-state index in [0.717, 1.165) is 61.0 Å². The second-order valence-corrected chi connectivity index (χ2v) is 9.43. The van der Waals surface area contributed by atoms with Gasteiger partial charge in [0.25, 0.3) is 0 Å². The van der Waals surface area contributed by atoms with E-state index in [4.69, 9.17) is 16.3 Å². The van der Waals surface area contributed by atoms with E-state index in [0.29, 0.717) is 13.2 Å². The predicted molar refractivity (Wildman–Crippen MR) is 137 cm³/mol. The van der Waals surface area contributed by atoms with Crippen molar-refractivity contribution in [3.05, 3.63) is 65.2 Å². The number of unbranched alkanes of at least 4 members (excludes halogenated alkanes) is 1. The zero-order valence-electron chi connectivity index (χ0n) is 20.4. The van der Waals surface area contributed by atoms with Gasteiger partial charge in [0.2, 0.25) is 11.8 Å². The van der Waals surface area contributed by atoms with Crippen LogP contribution in [0.3, 0.4) is 0 Å². The van der Waals surface area contributed by atoms with Crippen LogP contribution in [0.25, 0.3) is 0 Å². The smallest absolute Gasteiger partial charge is 0.247 e. The van der Waals surface area contributed by atoms with E-state index in [2.05, 4.69) is 12.2 Å². The SMILES string of the molecule is CCCCOc1ccc([C@@H](C(=O)NC2CCCCC2)N(Cc2ccc(C)cc2)C(=O)CCl)cc1. The summed E-state index contributed by atoms with van der Waals surface area (Å²) in [6.45, 7) is 5.11. The molecule has 0 unspecified atom stereocenters. The molecule has 0 saturated heterocycles. The molecular weight excluding hydrogens is 448 g/mol. The van der Waals surface area contributed by atoms with Crippen LogP contribution in [0.5, 0.6) is 5.75 Å². The number of benzene rings is 2. The van der Waals surface area contributed by atoms with E-state index in [1.54, 1.807) is 4.90 Å². The number of rotatable bonds is 11. The lowest BCUT2D eigenvalue weighted by Crippen LogP contribution is -2.47. The summed E-state index contributed by atoms with van der Waals surface area (Å²) in [4.78, 5) is 28.3. The summed E-state index contributed by atoms with van der Waals surface area (Å²) in [6, 6.07) is 14.9. The number of nitrogens with zero attached hydrogens (tertiary/aromatic N) is 1. The minimum absolute atomic E-state index is 0.146. The normalized spacial score (nSPS) is 14.9. The van der Waals surface area contributed by atoms with Gasteiger partial charge in [0, 0.05) is 12.6 Å². The number of ether oxygens (including phenoxy) is 1. The molecule has 0 spiro atoms. The van der Waals surface area contributed by atoms with Crippen LogP contribution >= 0.6 is 11.6 Å². The molecule has 1 saturated carbocycles. The van der Waals surface area contributed by atoms with Gasteiger partial charge in [-0.05, 0) is 49.4 Å². The lowest BCUT2D eigenvalue weighted by atomic mass is 9.94. The molecule has 1 aliphatic rings. The summed E-state index contributed by atoms with van der Waals surface area (Å²) in [5.41, 5.74) is 2.85. The third kappa shape index (κ3) is 7.49. The molecular formula is C28H37ClN2O3. The Bertz CT molecular complexity index is 908. The third-order valence-electron chi connectivity index (χ3n) is 6.38. The van der Waals surface area contributed by atoms with E-state index in [1.165, 1.54) is 6.42 Å². The van der Waals surface area contributed by atoms with Gasteiger partial charge in [0.15, 0.2) is 0 Å². The Morgan fingerprint density at radius 2 is 1.74 bits per heavy atom. The maximum absolute atomic E-state index is 13.6. The van der Waals surface area contributed by atoms with Gasteiger partial charge in [0.1, 0.15) is 17.7 Å². The molecule has 1 N–H and O–H groups in total. The standard InChI is InChI=1S/C28H37ClN2O3/c1-3-4-18-34-25-16-14-23(15-17-25)27(28(33)30-24-8-6-5-7-9-24)31(26(32)19-29)20-22-12-10-21(2)11-13-22/h10-17,24,27H,3-9,18-20H2,1-2H3,(H,30,33)/t27-/m0/s1. The monoisotopic (exact) mass is 484 g/mol. The highest BCUT2D eigenvalue weighted by atomic mass is 35.5. The zero-order valence-corrected chi connectivity index (χ0v) is 21.2. The predicted octanol–water partition coefficient (Wildman–Crippen LogP) is 5.93. The average molecular weight is 485 g/mol. The number of aryl methyl sites for hydroxylation is 1. The van der Waals surface area contributed by atoms with Gasteiger partial charge in [-0.15, -0.1) is 11.6 Å². The molecule has 0 heterocycles. The van der Waals surface area contributed by atoms with Gasteiger partial charge in [-0.1, -0.05) is 74.6 Å². The first-order valence-corrected chi connectivity index (χ1v) is 13.0. The summed E-state index contributed by atoms with van der Waals surface area (Å²) in [7, 11) is 0. The highest BCUT2D eigenvalue weighted by Gasteiger charge is 2.32. The minimum atomic E-state index is -0.765. The largest absolute Gasteiger partial charge is 0.494 e. The van der Waals surface area contributed by atoms with Crippen molar-refractivity contribution in [2.75, 3.05) is 12.5 Å². The van der Waals surface area contributed by atoms with Gasteiger partial charge in [-0.2, -0.15) is 0 Å². The highest BCUT2D eigenvalue weighted by Crippen LogP contribution is 2.28. The summed E-state index contributed by atoms with van der Waals surface area (Å²) < 4.78 is 5.80. The lowest BCUT2D eigenvalue weighted by Gasteiger charge is -2.33. The van der Waals surface area contributed by atoms with Gasteiger partial charge in [-0.25, -0.2) is 0 Å². The minimum Gasteiger partial charge on any atom is -0.494 e. The van der Waals surface area contributed by atoms with Crippen molar-refractivity contribution in [2.45, 2.75) is 77.4 Å². The Balaban J connectivity index is 1.89. The van der Waals surface area contributed by atoms with Gasteiger partial charge in [-0.3, -0.25) is 9.59 Å². The van der Waals surface area contributed by atoms with Crippen molar-refractivity contribution in [1.29, 1.82) is 0 Å². The first-order chi connectivity index (χ1) is 16.5. The molecule has 0 bridgehead atoms. The van der Waals surface area contributed by atoms with Crippen molar-refractivity contribution in [1.82, 2.24) is 10.2 Å². The number of alkyl halides is 1. The molecule has 0 aliphatic heterocycles. The second-order valence-electron chi connectivity index (χ2n) is 9.16. The Hall–Kier alpha value is -2.53. The molecule has 1 aliphatic carbocycles. The number of hydrogen-bond donors (Lipinski definition) is 1. The molecule has 34 heavy (non-hydrogen) atoms. The molecule has 2 aromatic rings. The molecule has 1 atom stereocenters. The number of amides is 2. The Morgan fingerprint density at radius 3 is 2.35 bits per heavy atom. The van der Waals surface area contributed by atoms with E-state index in [-0.39, 0.29) is 23.7 Å². The summed E-state index contributed by atoms with van der Waals surface area (Å²) in [5, 5.41) is 3.22. The van der Waals surface area contributed by atoms with Crippen LogP contribution in [0.4, 0.5) is 0 Å². The maximum atomic E-state index is 13.6. The van der Waals surface area contributed by atoms with Crippen LogP contribution in [0.2, 0.25) is 0 Å². The van der Waals surface area contributed by atoms with Crippen molar-refractivity contribution in [3.8, 4) is 5.75 Å². The van der Waals surface area contributed by atoms with Crippen molar-refractivity contribution in [2.24, 2.45) is 0 Å². The van der Waals surface area contributed by atoms with E-state index >= 15 is 0 Å². The molecule has 0 radical (unpaired) electrons. The van der Waals surface area contributed by atoms with Crippen LogP contribution in [-0.2, 0) is 16.1 Å². The molecule has 1 fully saturated rings. The molecule has 2 amide bonds. The summed E-state index contributed by atoms with van der Waals surface area (Å²) in [6.07, 6.45) is 7.45. The third-order valence-corrected chi connectivity index (χ3v) is 6.61. The number of hydrogen-bond acceptors (Lipinski definition) is 3. The summed E-state index contributed by atoms with van der Waals surface area (Å²) >= 11 is 6.02. The van der Waals surface area contributed by atoms with E-state index in [9.17, 15) is 9.59 Å². The molecule has 5 nitrogen and oxygen atoms in total. The maximum Gasteiger partial charge on any atom is 0.247 e. The van der Waals surface area contributed by atoms with Crippen molar-refractivity contribution >= 4 is 23.4 Å². The van der Waals surface area contributed by atoms with Crippen LogP contribution in [0.1, 0.15) is 74.6 Å². The Morgan fingerprint density at radius 1 is 1.06 bits per heavy atom. The molecule has 6 heteroatoms. The van der Waals surface area contributed by atoms with Gasteiger partial charge in [0.05, 0.1) is 6.61 Å². The van der Waals surface area contributed by atoms with Gasteiger partial charge < -0.3 is 15.0 Å². The zero-order chi connectivity index (χ0) is 24.3. The average Bonchev–Trinajstić information content (AvgIpc) is 2.86. The number of nitrogens with one attached hydrogen (secondary N) is 1. The van der Waals surface area contributed by atoms with E-state index in [1.807, 2.05) is 55.5 Å². The number of carbonyl (C=O) groups excluding carboxylic acids is 2. The fraction of sp³-hybridized carbons (Fsp3) is 0.500. The Labute approximate surface area is 208 Å². The highest BCUT2D eigenvalue weighted by molar-refractivity contribution is 6.27. The van der Waals surface area contributed by atoms with Crippen LogP contribution in [0, 0.1) is 6.92 Å². The molecule has 184 valence electrons. The molecule has 3 rings (SSSR count). The van der Waals surface area contributed by atoms with Crippen LogP contribution < -0.4 is 10.1 Å². The number of carbonyl (C=O) groups is 2. The van der Waals surface area contributed by atoms with Crippen molar-refractivity contribution < 1.29 is 14.3 Å². The quantitative estimate of drug-likeness (QED) is 0.317. The van der Waals surface area contributed by atoms with Crippen molar-refractivity contribution in [3.63, 3.8) is 0 Å². The number of halogens is 1. The second kappa shape index (κ2) is 13.4. The van der Waals surface area contributed by atoms with E-state index < -0.39 is 6.04 Å². The summed E-state index contributed by atoms with van der Waals surface area (Å²) in [5.74, 6) is 0.154. The lowest BCUT2D eigenvalue weighted by molar-refractivity contribution is -0.140. The van der Waals surface area contributed by atoms with Gasteiger partial charge >= 0.3 is 0 Å². The fourth-order valence-electron chi connectivity index (χ4n) is 4.37. The topological polar surface area (TPSA) is 58.6 Å². The fourth-order valence-corrected chi connectivity index (χ4v) is 4.52. The first kappa shape index (κ1) is 26.1. The molecule has 0 aromatic heterocycles. The van der Waals surface area contributed by atoms with Crippen LogP contribution in [0.15, 0.2) is 48.5 Å². The van der Waals surface area contributed by atoms with Crippen LogP contribution in [-0.4, -0.2) is 35.2 Å². The molecule has 2 aromatic carbocycles. The Kier molecular flexibility index (Phi) is 10.3.